The summed E-state index contributed by atoms with van der Waals surface area (Å²) >= 11 is 0. The Hall–Kier alpha value is -8.28. The Kier molecular flexibility index (Phi) is 21.1. The molecule has 0 aliphatic carbocycles. The van der Waals surface area contributed by atoms with E-state index in [1.165, 1.54) is 12.1 Å². The third kappa shape index (κ3) is 18.3. The van der Waals surface area contributed by atoms with Gasteiger partial charge in [-0.25, -0.2) is 14.4 Å². The predicted molar refractivity (Wildman–Crippen MR) is 270 cm³/mol. The number of piperidine rings is 1. The van der Waals surface area contributed by atoms with Crippen molar-refractivity contribution < 1.29 is 75.5 Å². The van der Waals surface area contributed by atoms with Gasteiger partial charge in [-0.3, -0.25) is 19.7 Å². The number of aromatic nitrogens is 1. The van der Waals surface area contributed by atoms with Crippen molar-refractivity contribution in [2.45, 2.75) is 56.7 Å². The van der Waals surface area contributed by atoms with Gasteiger partial charge in [0.25, 0.3) is 0 Å². The first-order valence-electron chi connectivity index (χ1n) is 23.4. The van der Waals surface area contributed by atoms with E-state index in [1.54, 1.807) is 24.1 Å². The number of hydrogen-bond donors (Lipinski definition) is 8. The molecule has 7 rings (SSSR count). The van der Waals surface area contributed by atoms with Gasteiger partial charge in [0.2, 0.25) is 17.4 Å². The number of carboxylic acid groups (broad SMARTS) is 2. The number of aromatic amines is 1. The van der Waals surface area contributed by atoms with Gasteiger partial charge in [0.1, 0.15) is 11.9 Å². The molecule has 0 bridgehead atoms. The number of aliphatic hydroxyl groups is 1. The Labute approximate surface area is 430 Å². The van der Waals surface area contributed by atoms with Crippen LogP contribution in [0.3, 0.4) is 0 Å². The zero-order valence-electron chi connectivity index (χ0n) is 40.7. The van der Waals surface area contributed by atoms with E-state index in [4.69, 9.17) is 24.5 Å². The highest BCUT2D eigenvalue weighted by Crippen LogP contribution is 2.30. The smallest absolute Gasteiger partial charge is 0.490 e. The maximum atomic E-state index is 13.3. The van der Waals surface area contributed by atoms with Crippen molar-refractivity contribution >= 4 is 57.8 Å². The van der Waals surface area contributed by atoms with Gasteiger partial charge in [-0.1, -0.05) is 78.9 Å². The first kappa shape index (κ1) is 58.6. The van der Waals surface area contributed by atoms with E-state index >= 15 is 0 Å². The number of ether oxygens (including phenoxy) is 1. The van der Waals surface area contributed by atoms with E-state index in [-0.39, 0.29) is 47.7 Å². The SMILES string of the molecule is CN(C(=O)CCN1CCC(OC(=O)Nc2ccccc2-c2ccccc2)CC1)c1cccc(CC(=O)Nc2cccc(CCNC[C@H](O)c3ccc(O)c4[nH]c(=O)ccc34)c2)c1.O=C(O)C(F)(F)F.O=C(O)C(F)(F)F. The lowest BCUT2D eigenvalue weighted by Crippen LogP contribution is -2.40. The van der Waals surface area contributed by atoms with Crippen LogP contribution in [0.2, 0.25) is 0 Å². The number of fused-ring (bicyclic) bond motifs is 1. The molecule has 1 aromatic heterocycles. The van der Waals surface area contributed by atoms with E-state index in [9.17, 15) is 55.7 Å². The highest BCUT2D eigenvalue weighted by Gasteiger charge is 2.39. The number of amides is 3. The average molecular weight is 1070 g/mol. The third-order valence-electron chi connectivity index (χ3n) is 11.6. The number of halogens is 6. The topological polar surface area (TPSA) is 251 Å². The molecule has 404 valence electrons. The summed E-state index contributed by atoms with van der Waals surface area (Å²) in [6.45, 7) is 2.86. The zero-order chi connectivity index (χ0) is 55.6. The van der Waals surface area contributed by atoms with E-state index < -0.39 is 36.5 Å². The molecular formula is C53H54F6N6O11. The number of hydrogen-bond acceptors (Lipinski definition) is 11. The van der Waals surface area contributed by atoms with E-state index in [0.29, 0.717) is 66.8 Å². The molecule has 0 spiro atoms. The summed E-state index contributed by atoms with van der Waals surface area (Å²) in [6, 6.07) is 38.6. The number of aliphatic hydroxyl groups excluding tert-OH is 1. The fraction of sp³-hybridized carbons (Fsp3) is 0.283. The molecule has 23 heteroatoms. The standard InChI is InChI=1S/C49H52N6O7.2C2HF3O2/c1-54(47(60)24-28-55-26-22-38(23-27-55)62-49(61)52-42-16-6-5-15-39(42)35-11-3-2-4-12-35)37-14-8-10-34(30-37)31-46(59)51-36-13-7-9-33(29-36)21-25-50-32-44(57)40-17-19-43(56)48-41(40)18-20-45(58)53-48;2*3-2(4,5)1(6)7/h2-20,29-30,38,44,50,56-57H,21-28,31-32H2,1H3,(H,51,59)(H,52,61)(H,53,58);2*(H,6,7)/t44-;;/m0../s1. The van der Waals surface area contributed by atoms with Crippen molar-refractivity contribution in [1.29, 1.82) is 0 Å². The number of likely N-dealkylation sites (tertiary alicyclic amines) is 1. The first-order chi connectivity index (χ1) is 36.0. The summed E-state index contributed by atoms with van der Waals surface area (Å²) in [5.74, 6) is -5.79. The third-order valence-corrected chi connectivity index (χ3v) is 11.6. The maximum absolute atomic E-state index is 13.3. The van der Waals surface area contributed by atoms with Gasteiger partial charge in [0, 0.05) is 68.0 Å². The monoisotopic (exact) mass is 1060 g/mol. The fourth-order valence-corrected chi connectivity index (χ4v) is 7.77. The Balaban J connectivity index is 0.000000671. The number of rotatable bonds is 16. The molecule has 6 aromatic rings. The molecule has 76 heavy (non-hydrogen) atoms. The number of anilines is 3. The average Bonchev–Trinajstić information content (AvgIpc) is 3.37. The van der Waals surface area contributed by atoms with Gasteiger partial charge in [-0.2, -0.15) is 26.3 Å². The molecule has 8 N–H and O–H groups in total. The van der Waals surface area contributed by atoms with Crippen molar-refractivity contribution in [2.24, 2.45) is 0 Å². The number of pyridine rings is 1. The molecule has 1 fully saturated rings. The molecule has 17 nitrogen and oxygen atoms in total. The van der Waals surface area contributed by atoms with Gasteiger partial charge in [-0.05, 0) is 90.5 Å². The lowest BCUT2D eigenvalue weighted by Gasteiger charge is -2.31. The van der Waals surface area contributed by atoms with Crippen LogP contribution in [0.25, 0.3) is 22.0 Å². The van der Waals surface area contributed by atoms with Crippen LogP contribution in [0, 0.1) is 0 Å². The molecule has 0 radical (unpaired) electrons. The number of nitrogens with zero attached hydrogens (tertiary/aromatic N) is 2. The number of aliphatic carboxylic acids is 2. The maximum Gasteiger partial charge on any atom is 0.490 e. The summed E-state index contributed by atoms with van der Waals surface area (Å²) in [5, 5.41) is 45.0. The molecule has 1 saturated heterocycles. The van der Waals surface area contributed by atoms with Crippen LogP contribution < -0.4 is 26.4 Å². The lowest BCUT2D eigenvalue weighted by atomic mass is 10.0. The van der Waals surface area contributed by atoms with Crippen LogP contribution in [-0.4, -0.2) is 118 Å². The Bertz CT molecular complexity index is 2980. The van der Waals surface area contributed by atoms with Crippen LogP contribution in [0.4, 0.5) is 48.2 Å². The number of phenolic OH excluding ortho intramolecular Hbond substituents is 1. The number of para-hydroxylation sites is 1. The van der Waals surface area contributed by atoms with Gasteiger partial charge >= 0.3 is 30.4 Å². The van der Waals surface area contributed by atoms with Crippen LogP contribution in [0.5, 0.6) is 5.75 Å². The first-order valence-corrected chi connectivity index (χ1v) is 23.4. The number of carbonyl (C=O) groups is 5. The summed E-state index contributed by atoms with van der Waals surface area (Å²) < 4.78 is 69.3. The van der Waals surface area contributed by atoms with Gasteiger partial charge in [0.15, 0.2) is 0 Å². The Morgan fingerprint density at radius 3 is 2.08 bits per heavy atom. The molecule has 0 saturated carbocycles. The minimum Gasteiger partial charge on any atom is -0.506 e. The number of phenols is 1. The summed E-state index contributed by atoms with van der Waals surface area (Å²) in [4.78, 5) is 75.2. The minimum atomic E-state index is -5.08. The highest BCUT2D eigenvalue weighted by atomic mass is 19.4. The fourth-order valence-electron chi connectivity index (χ4n) is 7.77. The van der Waals surface area contributed by atoms with Crippen molar-refractivity contribution in [3.63, 3.8) is 0 Å². The molecular weight excluding hydrogens is 1010 g/mol. The Morgan fingerprint density at radius 1 is 0.776 bits per heavy atom. The van der Waals surface area contributed by atoms with E-state index in [2.05, 4.69) is 25.8 Å². The van der Waals surface area contributed by atoms with Crippen molar-refractivity contribution in [3.05, 3.63) is 154 Å². The number of nitrogens with one attached hydrogen (secondary N) is 4. The highest BCUT2D eigenvalue weighted by molar-refractivity contribution is 5.95. The summed E-state index contributed by atoms with van der Waals surface area (Å²) in [7, 11) is 1.75. The molecule has 1 aliphatic rings. The number of carbonyl (C=O) groups excluding carboxylic acids is 3. The van der Waals surface area contributed by atoms with Gasteiger partial charge < -0.3 is 50.6 Å². The van der Waals surface area contributed by atoms with Crippen LogP contribution in [0.1, 0.15) is 42.1 Å². The second-order valence-electron chi connectivity index (χ2n) is 17.1. The van der Waals surface area contributed by atoms with Crippen molar-refractivity contribution in [1.82, 2.24) is 15.2 Å². The van der Waals surface area contributed by atoms with Gasteiger partial charge in [-0.15, -0.1) is 0 Å². The van der Waals surface area contributed by atoms with Crippen LogP contribution in [-0.2, 0) is 36.8 Å². The largest absolute Gasteiger partial charge is 0.506 e. The molecule has 1 atom stereocenters. The second-order valence-corrected chi connectivity index (χ2v) is 17.1. The second kappa shape index (κ2) is 27.3. The zero-order valence-corrected chi connectivity index (χ0v) is 40.7. The van der Waals surface area contributed by atoms with Crippen LogP contribution in [0.15, 0.2) is 132 Å². The summed E-state index contributed by atoms with van der Waals surface area (Å²) in [6.07, 6.45) is -9.23. The van der Waals surface area contributed by atoms with Gasteiger partial charge in [0.05, 0.1) is 23.7 Å². The Morgan fingerprint density at radius 2 is 1.41 bits per heavy atom. The van der Waals surface area contributed by atoms with E-state index in [1.807, 2.05) is 103 Å². The summed E-state index contributed by atoms with van der Waals surface area (Å²) in [5.41, 5.74) is 6.33. The molecule has 1 aliphatic heterocycles. The predicted octanol–water partition coefficient (Wildman–Crippen LogP) is 8.28. The number of H-pyrrole nitrogens is 1. The molecule has 5 aromatic carbocycles. The van der Waals surface area contributed by atoms with Crippen molar-refractivity contribution in [3.8, 4) is 16.9 Å². The molecule has 0 unspecified atom stereocenters. The minimum absolute atomic E-state index is 0.0336. The van der Waals surface area contributed by atoms with E-state index in [0.717, 1.165) is 35.3 Å². The molecule has 3 amide bonds. The number of carboxylic acids is 2. The van der Waals surface area contributed by atoms with Crippen LogP contribution >= 0.6 is 0 Å². The van der Waals surface area contributed by atoms with Crippen molar-refractivity contribution in [2.75, 3.05) is 55.3 Å². The number of aromatic hydroxyl groups is 1. The number of benzene rings is 5. The number of alkyl halides is 6. The molecule has 2 heterocycles. The lowest BCUT2D eigenvalue weighted by molar-refractivity contribution is -0.193. The quantitative estimate of drug-likeness (QED) is 0.0336. The normalized spacial score (nSPS) is 13.2.